The van der Waals surface area contributed by atoms with Crippen molar-refractivity contribution in [1.82, 2.24) is 10.3 Å². The SMILES string of the molecule is CC(=O)c1ccc(-c2cc(C(F)(F)F)ccc2CNC(=O)OC(C)(C)C)nc1. The Morgan fingerprint density at radius 1 is 1.11 bits per heavy atom. The number of alkyl carbamates (subject to hydrolysis) is 1. The standard InChI is InChI=1S/C20H21F3N2O3/c1-12(26)13-6-8-17(24-10-13)16-9-15(20(21,22)23)7-5-14(16)11-25-18(27)28-19(2,3)4/h5-10H,11H2,1-4H3,(H,25,27). The third-order valence-electron chi connectivity index (χ3n) is 3.71. The van der Waals surface area contributed by atoms with Crippen LogP contribution in [0, 0.1) is 0 Å². The third kappa shape index (κ3) is 5.80. The zero-order valence-corrected chi connectivity index (χ0v) is 16.0. The number of rotatable bonds is 4. The van der Waals surface area contributed by atoms with Crippen molar-refractivity contribution < 1.29 is 27.5 Å². The van der Waals surface area contributed by atoms with Crippen molar-refractivity contribution in [2.24, 2.45) is 0 Å². The van der Waals surface area contributed by atoms with Crippen LogP contribution in [0.5, 0.6) is 0 Å². The summed E-state index contributed by atoms with van der Waals surface area (Å²) in [5, 5.41) is 2.53. The normalized spacial score (nSPS) is 11.8. The Bertz CT molecular complexity index is 870. The van der Waals surface area contributed by atoms with E-state index in [0.29, 0.717) is 11.1 Å². The topological polar surface area (TPSA) is 68.3 Å². The number of benzene rings is 1. The maximum atomic E-state index is 13.1. The quantitative estimate of drug-likeness (QED) is 0.742. The fourth-order valence-corrected chi connectivity index (χ4v) is 2.39. The van der Waals surface area contributed by atoms with Crippen molar-refractivity contribution in [3.8, 4) is 11.3 Å². The summed E-state index contributed by atoms with van der Waals surface area (Å²) < 4.78 is 44.5. The van der Waals surface area contributed by atoms with Crippen molar-refractivity contribution >= 4 is 11.9 Å². The number of amides is 1. The van der Waals surface area contributed by atoms with Crippen LogP contribution in [0.3, 0.4) is 0 Å². The van der Waals surface area contributed by atoms with E-state index in [9.17, 15) is 22.8 Å². The first-order chi connectivity index (χ1) is 12.9. The van der Waals surface area contributed by atoms with Crippen molar-refractivity contribution in [3.05, 3.63) is 53.2 Å². The highest BCUT2D eigenvalue weighted by Gasteiger charge is 2.31. The minimum atomic E-state index is -4.52. The number of ether oxygens (including phenoxy) is 1. The Hall–Kier alpha value is -2.90. The van der Waals surface area contributed by atoms with Crippen LogP contribution in [0.2, 0.25) is 0 Å². The first-order valence-corrected chi connectivity index (χ1v) is 8.51. The van der Waals surface area contributed by atoms with Gasteiger partial charge in [-0.2, -0.15) is 13.2 Å². The molecule has 0 radical (unpaired) electrons. The van der Waals surface area contributed by atoms with Crippen molar-refractivity contribution in [3.63, 3.8) is 0 Å². The van der Waals surface area contributed by atoms with Gasteiger partial charge in [0.05, 0.1) is 11.3 Å². The molecule has 1 aromatic heterocycles. The molecule has 8 heteroatoms. The number of pyridine rings is 1. The highest BCUT2D eigenvalue weighted by Crippen LogP contribution is 2.33. The van der Waals surface area contributed by atoms with Crippen LogP contribution in [0.15, 0.2) is 36.5 Å². The average Bonchev–Trinajstić information content (AvgIpc) is 2.57. The molecule has 1 N–H and O–H groups in total. The van der Waals surface area contributed by atoms with Crippen LogP contribution in [0.25, 0.3) is 11.3 Å². The lowest BCUT2D eigenvalue weighted by Crippen LogP contribution is -2.32. The first kappa shape index (κ1) is 21.4. The molecule has 5 nitrogen and oxygen atoms in total. The lowest BCUT2D eigenvalue weighted by molar-refractivity contribution is -0.137. The van der Waals surface area contributed by atoms with Crippen LogP contribution in [-0.2, 0) is 17.5 Å². The van der Waals surface area contributed by atoms with Crippen molar-refractivity contribution in [2.45, 2.75) is 46.0 Å². The maximum absolute atomic E-state index is 13.1. The summed E-state index contributed by atoms with van der Waals surface area (Å²) in [6.45, 7) is 6.44. The summed E-state index contributed by atoms with van der Waals surface area (Å²) in [7, 11) is 0. The Morgan fingerprint density at radius 3 is 2.29 bits per heavy atom. The van der Waals surface area contributed by atoms with Crippen LogP contribution in [-0.4, -0.2) is 22.5 Å². The molecule has 0 aliphatic rings. The van der Waals surface area contributed by atoms with E-state index in [-0.39, 0.29) is 23.6 Å². The van der Waals surface area contributed by atoms with Gasteiger partial charge < -0.3 is 10.1 Å². The highest BCUT2D eigenvalue weighted by atomic mass is 19.4. The van der Waals surface area contributed by atoms with Crippen LogP contribution < -0.4 is 5.32 Å². The number of carbonyl (C=O) groups excluding carboxylic acids is 2. The van der Waals surface area contributed by atoms with E-state index in [2.05, 4.69) is 10.3 Å². The van der Waals surface area contributed by atoms with Gasteiger partial charge in [0.2, 0.25) is 0 Å². The van der Waals surface area contributed by atoms with Gasteiger partial charge in [-0.05, 0) is 57.5 Å². The number of nitrogens with zero attached hydrogens (tertiary/aromatic N) is 1. The van der Waals surface area contributed by atoms with Gasteiger partial charge in [0.25, 0.3) is 0 Å². The summed E-state index contributed by atoms with van der Waals surface area (Å²) in [5.41, 5.74) is -0.276. The van der Waals surface area contributed by atoms with Crippen LogP contribution >= 0.6 is 0 Å². The molecule has 1 amide bonds. The molecule has 28 heavy (non-hydrogen) atoms. The summed E-state index contributed by atoms with van der Waals surface area (Å²) >= 11 is 0. The van der Waals surface area contributed by atoms with E-state index in [1.807, 2.05) is 0 Å². The predicted octanol–water partition coefficient (Wildman–Crippen LogP) is 4.99. The summed E-state index contributed by atoms with van der Waals surface area (Å²) in [6.07, 6.45) is -3.90. The molecule has 0 unspecified atom stereocenters. The van der Waals surface area contributed by atoms with E-state index in [1.54, 1.807) is 20.8 Å². The molecule has 0 fully saturated rings. The second-order valence-electron chi connectivity index (χ2n) is 7.21. The van der Waals surface area contributed by atoms with Gasteiger partial charge >= 0.3 is 12.3 Å². The molecule has 0 saturated carbocycles. The molecule has 1 aromatic carbocycles. The van der Waals surface area contributed by atoms with E-state index in [0.717, 1.165) is 12.1 Å². The zero-order valence-electron chi connectivity index (χ0n) is 16.0. The van der Waals surface area contributed by atoms with Crippen molar-refractivity contribution in [1.29, 1.82) is 0 Å². The van der Waals surface area contributed by atoms with Gasteiger partial charge in [0, 0.05) is 23.9 Å². The maximum Gasteiger partial charge on any atom is 0.416 e. The highest BCUT2D eigenvalue weighted by molar-refractivity contribution is 5.94. The molecule has 0 aliphatic carbocycles. The third-order valence-corrected chi connectivity index (χ3v) is 3.71. The van der Waals surface area contributed by atoms with Crippen LogP contribution in [0.1, 0.15) is 49.2 Å². The summed E-state index contributed by atoms with van der Waals surface area (Å²) in [6, 6.07) is 6.18. The molecule has 0 aliphatic heterocycles. The van der Waals surface area contributed by atoms with Crippen molar-refractivity contribution in [2.75, 3.05) is 0 Å². The van der Waals surface area contributed by atoms with Gasteiger partial charge in [0.1, 0.15) is 5.60 Å². The fraction of sp³-hybridized carbons (Fsp3) is 0.350. The van der Waals surface area contributed by atoms with Gasteiger partial charge in [-0.15, -0.1) is 0 Å². The van der Waals surface area contributed by atoms with Gasteiger partial charge in [-0.3, -0.25) is 9.78 Å². The number of ketones is 1. The number of nitrogens with one attached hydrogen (secondary N) is 1. The minimum Gasteiger partial charge on any atom is -0.444 e. The number of hydrogen-bond acceptors (Lipinski definition) is 4. The van der Waals surface area contributed by atoms with Gasteiger partial charge in [-0.1, -0.05) is 6.07 Å². The molecule has 150 valence electrons. The van der Waals surface area contributed by atoms with Crippen LogP contribution in [0.4, 0.5) is 18.0 Å². The fourth-order valence-electron chi connectivity index (χ4n) is 2.39. The Kier molecular flexibility index (Phi) is 6.11. The van der Waals surface area contributed by atoms with E-state index >= 15 is 0 Å². The summed E-state index contributed by atoms with van der Waals surface area (Å²) in [5.74, 6) is -0.199. The number of aromatic nitrogens is 1. The minimum absolute atomic E-state index is 0.0431. The number of Topliss-reactive ketones (excluding diaryl/α,β-unsaturated/α-hetero) is 1. The molecule has 0 spiro atoms. The smallest absolute Gasteiger partial charge is 0.416 e. The molecule has 2 rings (SSSR count). The molecule has 0 bridgehead atoms. The number of alkyl halides is 3. The summed E-state index contributed by atoms with van der Waals surface area (Å²) in [4.78, 5) is 27.4. The first-order valence-electron chi connectivity index (χ1n) is 8.51. The Morgan fingerprint density at radius 2 is 1.79 bits per heavy atom. The second-order valence-corrected chi connectivity index (χ2v) is 7.21. The van der Waals surface area contributed by atoms with E-state index < -0.39 is 23.4 Å². The van der Waals surface area contributed by atoms with E-state index in [4.69, 9.17) is 4.74 Å². The molecular weight excluding hydrogens is 373 g/mol. The Labute approximate surface area is 160 Å². The monoisotopic (exact) mass is 394 g/mol. The van der Waals surface area contributed by atoms with Gasteiger partial charge in [0.15, 0.2) is 5.78 Å². The lowest BCUT2D eigenvalue weighted by atomic mass is 9.99. The Balaban J connectivity index is 2.37. The largest absolute Gasteiger partial charge is 0.444 e. The number of halogens is 3. The lowest BCUT2D eigenvalue weighted by Gasteiger charge is -2.20. The second kappa shape index (κ2) is 8.00. The van der Waals surface area contributed by atoms with Gasteiger partial charge in [-0.25, -0.2) is 4.79 Å². The zero-order chi connectivity index (χ0) is 21.1. The average molecular weight is 394 g/mol. The number of hydrogen-bond donors (Lipinski definition) is 1. The molecule has 0 atom stereocenters. The molecule has 2 aromatic rings. The molecular formula is C20H21F3N2O3. The van der Waals surface area contributed by atoms with E-state index in [1.165, 1.54) is 31.3 Å². The molecule has 0 saturated heterocycles. The number of carbonyl (C=O) groups is 2. The molecule has 1 heterocycles. The predicted molar refractivity (Wildman–Crippen MR) is 97.8 cm³/mol.